The van der Waals surface area contributed by atoms with Crippen LogP contribution in [0, 0.1) is 0 Å². The lowest BCUT2D eigenvalue weighted by atomic mass is 9.99. The maximum absolute atomic E-state index is 12.3. The van der Waals surface area contributed by atoms with E-state index in [-0.39, 0.29) is 17.4 Å². The molecule has 0 saturated carbocycles. The fourth-order valence-electron chi connectivity index (χ4n) is 2.14. The van der Waals surface area contributed by atoms with Crippen molar-refractivity contribution in [2.24, 2.45) is 10.3 Å². The molecule has 0 aliphatic carbocycles. The van der Waals surface area contributed by atoms with Crippen LogP contribution in [0.25, 0.3) is 10.4 Å². The second kappa shape index (κ2) is 8.54. The predicted molar refractivity (Wildman–Crippen MR) is 98.2 cm³/mol. The lowest BCUT2D eigenvalue weighted by Gasteiger charge is -2.36. The fourth-order valence-corrected chi connectivity index (χ4v) is 2.82. The summed E-state index contributed by atoms with van der Waals surface area (Å²) in [6.45, 7) is 5.06. The Morgan fingerprint density at radius 2 is 2.21 bits per heavy atom. The number of ether oxygens (including phenoxy) is 1. The zero-order valence-corrected chi connectivity index (χ0v) is 16.0. The van der Waals surface area contributed by atoms with Crippen molar-refractivity contribution in [3.05, 3.63) is 21.5 Å². The molecule has 1 fully saturated rings. The molecule has 4 N–H and O–H groups in total. The van der Waals surface area contributed by atoms with Crippen LogP contribution in [-0.4, -0.2) is 58.0 Å². The summed E-state index contributed by atoms with van der Waals surface area (Å²) in [4.78, 5) is 42.3. The Morgan fingerprint density at radius 3 is 2.79 bits per heavy atom. The van der Waals surface area contributed by atoms with Gasteiger partial charge in [-0.2, -0.15) is 0 Å². The molecule has 0 bridgehead atoms. The second-order valence-corrected chi connectivity index (χ2v) is 7.45. The van der Waals surface area contributed by atoms with E-state index in [1.165, 1.54) is 5.38 Å². The Morgan fingerprint density at radius 1 is 1.50 bits per heavy atom. The van der Waals surface area contributed by atoms with Gasteiger partial charge in [0.15, 0.2) is 10.8 Å². The van der Waals surface area contributed by atoms with Gasteiger partial charge in [-0.1, -0.05) is 10.3 Å². The summed E-state index contributed by atoms with van der Waals surface area (Å²) in [7, 11) is 0. The van der Waals surface area contributed by atoms with Crippen LogP contribution in [0.1, 0.15) is 26.5 Å². The lowest BCUT2D eigenvalue weighted by Crippen LogP contribution is -2.70. The van der Waals surface area contributed by atoms with E-state index in [1.807, 2.05) is 0 Å². The van der Waals surface area contributed by atoms with E-state index in [4.69, 9.17) is 10.3 Å². The van der Waals surface area contributed by atoms with Crippen LogP contribution in [0.2, 0.25) is 0 Å². The SMILES string of the molecule is CC(C)(C)OC(=O)Nc1nc(/C(=N/O)C(=O)N[C@@H]2C(=O)N[C@@H]2CN=[N+]=[N-])cs1. The summed E-state index contributed by atoms with van der Waals surface area (Å²) >= 11 is 0.986. The number of carbonyl (C=O) groups is 3. The zero-order valence-electron chi connectivity index (χ0n) is 15.2. The van der Waals surface area contributed by atoms with E-state index >= 15 is 0 Å². The third-order valence-electron chi connectivity index (χ3n) is 3.31. The summed E-state index contributed by atoms with van der Waals surface area (Å²) in [5.74, 6) is -1.32. The molecule has 0 spiro atoms. The van der Waals surface area contributed by atoms with Crippen LogP contribution < -0.4 is 16.0 Å². The molecule has 2 rings (SSSR count). The molecule has 0 radical (unpaired) electrons. The quantitative estimate of drug-likeness (QED) is 0.103. The van der Waals surface area contributed by atoms with Gasteiger partial charge in [0.1, 0.15) is 17.3 Å². The highest BCUT2D eigenvalue weighted by Gasteiger charge is 2.40. The van der Waals surface area contributed by atoms with Crippen molar-refractivity contribution in [3.8, 4) is 0 Å². The average molecular weight is 410 g/mol. The molecule has 28 heavy (non-hydrogen) atoms. The zero-order chi connectivity index (χ0) is 20.9. The van der Waals surface area contributed by atoms with Crippen molar-refractivity contribution in [1.82, 2.24) is 15.6 Å². The van der Waals surface area contributed by atoms with Gasteiger partial charge in [0.2, 0.25) is 5.91 Å². The summed E-state index contributed by atoms with van der Waals surface area (Å²) in [6.07, 6.45) is -0.729. The highest BCUT2D eigenvalue weighted by atomic mass is 32.1. The smallest absolute Gasteiger partial charge is 0.413 e. The van der Waals surface area contributed by atoms with E-state index in [2.05, 4.69) is 36.1 Å². The number of azide groups is 1. The lowest BCUT2D eigenvalue weighted by molar-refractivity contribution is -0.134. The largest absolute Gasteiger partial charge is 0.444 e. The second-order valence-electron chi connectivity index (χ2n) is 6.59. The fraction of sp³-hybridized carbons (Fsp3) is 0.500. The number of hydrogen-bond acceptors (Lipinski definition) is 9. The molecule has 14 heteroatoms. The topological polar surface area (TPSA) is 191 Å². The average Bonchev–Trinajstić information content (AvgIpc) is 3.03. The molecule has 2 heterocycles. The van der Waals surface area contributed by atoms with Gasteiger partial charge in [0.25, 0.3) is 5.91 Å². The number of rotatable bonds is 6. The van der Waals surface area contributed by atoms with Gasteiger partial charge < -0.3 is 20.6 Å². The third-order valence-corrected chi connectivity index (χ3v) is 4.07. The van der Waals surface area contributed by atoms with Crippen molar-refractivity contribution in [3.63, 3.8) is 0 Å². The molecule has 150 valence electrons. The predicted octanol–water partition coefficient (Wildman–Crippen LogP) is 0.962. The van der Waals surface area contributed by atoms with Crippen molar-refractivity contribution in [2.75, 3.05) is 11.9 Å². The van der Waals surface area contributed by atoms with Crippen molar-refractivity contribution < 1.29 is 24.3 Å². The Labute approximate surface area is 162 Å². The summed E-state index contributed by atoms with van der Waals surface area (Å²) < 4.78 is 5.09. The first-order valence-electron chi connectivity index (χ1n) is 7.94. The number of carbonyl (C=O) groups excluding carboxylic acids is 3. The van der Waals surface area contributed by atoms with Crippen LogP contribution in [0.3, 0.4) is 0 Å². The summed E-state index contributed by atoms with van der Waals surface area (Å²) in [6, 6.07) is -1.50. The van der Waals surface area contributed by atoms with Crippen LogP contribution in [0.5, 0.6) is 0 Å². The van der Waals surface area contributed by atoms with Gasteiger partial charge in [0.05, 0.1) is 6.04 Å². The third kappa shape index (κ3) is 5.31. The maximum atomic E-state index is 12.3. The first kappa shape index (κ1) is 20.9. The number of β-lactam (4-membered cyclic amide) rings is 1. The molecular weight excluding hydrogens is 392 g/mol. The number of anilines is 1. The first-order chi connectivity index (χ1) is 13.1. The van der Waals surface area contributed by atoms with Gasteiger partial charge >= 0.3 is 6.09 Å². The first-order valence-corrected chi connectivity index (χ1v) is 8.82. The van der Waals surface area contributed by atoms with Gasteiger partial charge in [-0.3, -0.25) is 14.9 Å². The van der Waals surface area contributed by atoms with E-state index in [0.29, 0.717) is 0 Å². The van der Waals surface area contributed by atoms with E-state index in [0.717, 1.165) is 11.3 Å². The Bertz CT molecular complexity index is 854. The Balaban J connectivity index is 2.02. The highest BCUT2D eigenvalue weighted by Crippen LogP contribution is 2.18. The molecule has 1 aromatic rings. The van der Waals surface area contributed by atoms with Crippen LogP contribution in [0.15, 0.2) is 15.7 Å². The van der Waals surface area contributed by atoms with Crippen LogP contribution in [0.4, 0.5) is 9.93 Å². The minimum atomic E-state index is -0.937. The minimum absolute atomic E-state index is 0.0117. The Hall–Kier alpha value is -3.38. The van der Waals surface area contributed by atoms with Crippen LogP contribution >= 0.6 is 11.3 Å². The molecule has 0 aromatic carbocycles. The maximum Gasteiger partial charge on any atom is 0.413 e. The molecule has 1 aliphatic heterocycles. The van der Waals surface area contributed by atoms with E-state index in [9.17, 15) is 19.6 Å². The highest BCUT2D eigenvalue weighted by molar-refractivity contribution is 7.14. The number of amides is 3. The van der Waals surface area contributed by atoms with Crippen LogP contribution in [-0.2, 0) is 14.3 Å². The van der Waals surface area contributed by atoms with E-state index < -0.39 is 41.3 Å². The number of thiazole rings is 1. The standard InChI is InChI=1S/C14H18N8O5S/c1-14(2,3)27-13(25)20-12-18-7(5-28-12)9(21-26)11(24)19-8-6(4-16-22-15)17-10(8)23/h5-6,8,26H,4H2,1-3H3,(H,17,23)(H,19,24)(H,18,20,25)/b21-9-/t6-,8+/m1/s1. The molecule has 2 atom stereocenters. The molecule has 3 amide bonds. The molecular formula is C14H18N8O5S. The monoisotopic (exact) mass is 410 g/mol. The number of aromatic nitrogens is 1. The van der Waals surface area contributed by atoms with Gasteiger partial charge in [0, 0.05) is 16.8 Å². The number of hydrogen-bond donors (Lipinski definition) is 4. The minimum Gasteiger partial charge on any atom is -0.444 e. The van der Waals surface area contributed by atoms with Gasteiger partial charge in [-0.15, -0.1) is 11.3 Å². The summed E-state index contributed by atoms with van der Waals surface area (Å²) in [5.41, 5.74) is 7.17. The summed E-state index contributed by atoms with van der Waals surface area (Å²) in [5, 5.41) is 24.2. The Kier molecular flexibility index (Phi) is 6.38. The molecule has 1 saturated heterocycles. The molecule has 0 unspecified atom stereocenters. The number of oxime groups is 1. The van der Waals surface area contributed by atoms with E-state index in [1.54, 1.807) is 20.8 Å². The van der Waals surface area contributed by atoms with Crippen molar-refractivity contribution in [2.45, 2.75) is 38.5 Å². The van der Waals surface area contributed by atoms with Gasteiger partial charge in [-0.05, 0) is 26.3 Å². The molecule has 13 nitrogen and oxygen atoms in total. The molecule has 1 aromatic heterocycles. The number of nitrogens with zero attached hydrogens (tertiary/aromatic N) is 5. The van der Waals surface area contributed by atoms with Crippen molar-refractivity contribution in [1.29, 1.82) is 0 Å². The van der Waals surface area contributed by atoms with Crippen molar-refractivity contribution >= 4 is 40.1 Å². The van der Waals surface area contributed by atoms with Gasteiger partial charge in [-0.25, -0.2) is 9.78 Å². The number of nitrogens with one attached hydrogen (secondary N) is 3. The molecule has 1 aliphatic rings. The normalized spacial score (nSPS) is 19.0.